The lowest BCUT2D eigenvalue weighted by Gasteiger charge is -2.17. The number of hydrogen-bond acceptors (Lipinski definition) is 6. The molecule has 0 saturated carbocycles. The molecule has 1 aromatic carbocycles. The molecule has 1 atom stereocenters. The van der Waals surface area contributed by atoms with Crippen molar-refractivity contribution < 1.29 is 9.53 Å². The van der Waals surface area contributed by atoms with Crippen molar-refractivity contribution in [1.82, 2.24) is 15.7 Å². The van der Waals surface area contributed by atoms with Crippen LogP contribution in [-0.4, -0.2) is 42.0 Å². The van der Waals surface area contributed by atoms with Crippen LogP contribution in [0.3, 0.4) is 0 Å². The van der Waals surface area contributed by atoms with Crippen LogP contribution in [-0.2, 0) is 9.53 Å². The smallest absolute Gasteiger partial charge is 0.230 e. The number of carbonyl (C=O) groups excluding carboxylic acids is 1. The molecule has 0 bridgehead atoms. The van der Waals surface area contributed by atoms with Gasteiger partial charge in [0.25, 0.3) is 0 Å². The van der Waals surface area contributed by atoms with Gasteiger partial charge in [0.1, 0.15) is 0 Å². The van der Waals surface area contributed by atoms with E-state index in [1.165, 1.54) is 18.3 Å². The highest BCUT2D eigenvalue weighted by atomic mass is 32.1. The second-order valence-electron chi connectivity index (χ2n) is 5.44. The number of carbonyl (C=O) groups is 1. The van der Waals surface area contributed by atoms with Crippen LogP contribution in [0.1, 0.15) is 19.5 Å². The molecule has 9 heteroatoms. The number of hydrogen-bond donors (Lipinski definition) is 2. The highest BCUT2D eigenvalue weighted by Crippen LogP contribution is 2.28. The third-order valence-corrected chi connectivity index (χ3v) is 4.24. The fraction of sp³-hybridized carbons (Fsp3) is 0.294. The Balaban J connectivity index is 2.00. The van der Waals surface area contributed by atoms with E-state index >= 15 is 0 Å². The van der Waals surface area contributed by atoms with Gasteiger partial charge in [0.2, 0.25) is 5.91 Å². The van der Waals surface area contributed by atoms with Crippen LogP contribution in [0.15, 0.2) is 40.8 Å². The summed E-state index contributed by atoms with van der Waals surface area (Å²) in [5.41, 5.74) is 4.14. The number of benzene rings is 1. The van der Waals surface area contributed by atoms with Gasteiger partial charge >= 0.3 is 0 Å². The highest BCUT2D eigenvalue weighted by Gasteiger charge is 2.17. The van der Waals surface area contributed by atoms with E-state index in [0.717, 1.165) is 5.69 Å². The van der Waals surface area contributed by atoms with Crippen LogP contribution in [0, 0.1) is 0 Å². The zero-order valence-corrected chi connectivity index (χ0v) is 16.4. The maximum absolute atomic E-state index is 12.0. The number of ether oxygens (including phenoxy) is 1. The zero-order chi connectivity index (χ0) is 18.9. The summed E-state index contributed by atoms with van der Waals surface area (Å²) in [6, 6.07) is 9.47. The molecule has 0 aliphatic rings. The first-order chi connectivity index (χ1) is 12.5. The van der Waals surface area contributed by atoms with Crippen molar-refractivity contribution >= 4 is 51.6 Å². The van der Waals surface area contributed by atoms with Crippen LogP contribution in [0.2, 0.25) is 0 Å². The van der Waals surface area contributed by atoms with Crippen molar-refractivity contribution in [1.29, 1.82) is 0 Å². The van der Waals surface area contributed by atoms with Gasteiger partial charge in [-0.3, -0.25) is 15.1 Å². The third kappa shape index (κ3) is 5.87. The van der Waals surface area contributed by atoms with Crippen molar-refractivity contribution in [3.63, 3.8) is 0 Å². The minimum atomic E-state index is -0.107. The van der Waals surface area contributed by atoms with E-state index in [1.807, 2.05) is 42.6 Å². The van der Waals surface area contributed by atoms with Gasteiger partial charge in [-0.15, -0.1) is 11.3 Å². The fourth-order valence-electron chi connectivity index (χ4n) is 2.15. The first kappa shape index (κ1) is 20.0. The summed E-state index contributed by atoms with van der Waals surface area (Å²) in [5.74, 6) is -0.107. The second-order valence-corrected chi connectivity index (χ2v) is 6.69. The molecule has 0 saturated heterocycles. The molecule has 26 heavy (non-hydrogen) atoms. The lowest BCUT2D eigenvalue weighted by molar-refractivity contribution is -0.115. The molecule has 1 aromatic heterocycles. The molecule has 0 fully saturated rings. The lowest BCUT2D eigenvalue weighted by atomic mass is 10.3. The average molecular weight is 392 g/mol. The Hall–Kier alpha value is -2.36. The number of anilines is 2. The highest BCUT2D eigenvalue weighted by molar-refractivity contribution is 7.80. The molecule has 7 nitrogen and oxygen atoms in total. The molecule has 2 aromatic rings. The molecular formula is C17H21N5O2S2. The minimum Gasteiger partial charge on any atom is -0.383 e. The van der Waals surface area contributed by atoms with Gasteiger partial charge < -0.3 is 10.1 Å². The Morgan fingerprint density at radius 2 is 2.19 bits per heavy atom. The minimum absolute atomic E-state index is 0.0797. The van der Waals surface area contributed by atoms with Gasteiger partial charge in [-0.1, -0.05) is 18.2 Å². The summed E-state index contributed by atoms with van der Waals surface area (Å²) in [6.07, 6.45) is 1.55. The SMILES string of the molecule is COC[C@@H](C)NC(=S)N/N=C\c1csc(N(C(C)=O)c2ccccc2)n1. The van der Waals surface area contributed by atoms with Gasteiger partial charge in [0.15, 0.2) is 10.2 Å². The van der Waals surface area contributed by atoms with Crippen molar-refractivity contribution in [2.45, 2.75) is 19.9 Å². The number of rotatable bonds is 7. The Bertz CT molecular complexity index is 764. The molecule has 1 amide bonds. The van der Waals surface area contributed by atoms with Gasteiger partial charge in [-0.2, -0.15) is 5.10 Å². The van der Waals surface area contributed by atoms with E-state index in [1.54, 1.807) is 18.2 Å². The number of para-hydroxylation sites is 1. The summed E-state index contributed by atoms with van der Waals surface area (Å²) in [4.78, 5) is 18.0. The fourth-order valence-corrected chi connectivity index (χ4v) is 3.24. The Morgan fingerprint density at radius 3 is 2.85 bits per heavy atom. The molecule has 138 valence electrons. The van der Waals surface area contributed by atoms with Gasteiger partial charge in [0, 0.05) is 25.5 Å². The zero-order valence-electron chi connectivity index (χ0n) is 14.8. The van der Waals surface area contributed by atoms with Crippen molar-refractivity contribution in [2.75, 3.05) is 18.6 Å². The summed E-state index contributed by atoms with van der Waals surface area (Å²) in [7, 11) is 1.63. The molecule has 2 rings (SSSR count). The van der Waals surface area contributed by atoms with E-state index in [9.17, 15) is 4.79 Å². The summed E-state index contributed by atoms with van der Waals surface area (Å²) in [6.45, 7) is 4.00. The van der Waals surface area contributed by atoms with E-state index in [-0.39, 0.29) is 11.9 Å². The molecule has 0 aliphatic heterocycles. The number of nitrogens with one attached hydrogen (secondary N) is 2. The third-order valence-electron chi connectivity index (χ3n) is 3.19. The van der Waals surface area contributed by atoms with Crippen LogP contribution in [0.4, 0.5) is 10.8 Å². The predicted molar refractivity (Wildman–Crippen MR) is 109 cm³/mol. The maximum atomic E-state index is 12.0. The predicted octanol–water partition coefficient (Wildman–Crippen LogP) is 2.66. The molecular weight excluding hydrogens is 370 g/mol. The number of methoxy groups -OCH3 is 1. The quantitative estimate of drug-likeness (QED) is 0.429. The maximum Gasteiger partial charge on any atom is 0.230 e. The van der Waals surface area contributed by atoms with Crippen LogP contribution in [0.25, 0.3) is 0 Å². The van der Waals surface area contributed by atoms with Crippen LogP contribution in [0.5, 0.6) is 0 Å². The van der Waals surface area contributed by atoms with Gasteiger partial charge in [0.05, 0.1) is 24.2 Å². The van der Waals surface area contributed by atoms with Gasteiger partial charge in [-0.05, 0) is 31.3 Å². The Morgan fingerprint density at radius 1 is 1.46 bits per heavy atom. The first-order valence-electron chi connectivity index (χ1n) is 7.91. The molecule has 0 spiro atoms. The summed E-state index contributed by atoms with van der Waals surface area (Å²) < 4.78 is 5.03. The molecule has 0 radical (unpaired) electrons. The van der Waals surface area contributed by atoms with E-state index in [0.29, 0.717) is 22.5 Å². The van der Waals surface area contributed by atoms with Crippen LogP contribution >= 0.6 is 23.6 Å². The standard InChI is InChI=1S/C17H21N5O2S2/c1-12(10-24-3)19-16(25)21-18-9-14-11-26-17(20-14)22(13(2)23)15-7-5-4-6-8-15/h4-9,11-12H,10H2,1-3H3,(H2,19,21,25)/b18-9-/t12-/m1/s1. The number of aromatic nitrogens is 1. The number of thiazole rings is 1. The Labute approximate surface area is 162 Å². The van der Waals surface area contributed by atoms with Crippen molar-refractivity contribution in [3.05, 3.63) is 41.4 Å². The molecule has 2 N–H and O–H groups in total. The van der Waals surface area contributed by atoms with E-state index < -0.39 is 0 Å². The van der Waals surface area contributed by atoms with Crippen molar-refractivity contribution in [2.24, 2.45) is 5.10 Å². The van der Waals surface area contributed by atoms with Crippen LogP contribution < -0.4 is 15.6 Å². The number of nitrogens with zero attached hydrogens (tertiary/aromatic N) is 3. The van der Waals surface area contributed by atoms with Crippen molar-refractivity contribution in [3.8, 4) is 0 Å². The monoisotopic (exact) mass is 391 g/mol. The normalized spacial score (nSPS) is 12.0. The van der Waals surface area contributed by atoms with E-state index in [4.69, 9.17) is 17.0 Å². The molecule has 0 aliphatic carbocycles. The topological polar surface area (TPSA) is 78.9 Å². The Kier molecular flexibility index (Phi) is 7.64. The summed E-state index contributed by atoms with van der Waals surface area (Å²) >= 11 is 6.51. The lowest BCUT2D eigenvalue weighted by Crippen LogP contribution is -2.40. The second kappa shape index (κ2) is 9.95. The molecule has 1 heterocycles. The van der Waals surface area contributed by atoms with E-state index in [2.05, 4.69) is 20.8 Å². The number of hydrazone groups is 1. The number of amides is 1. The first-order valence-corrected chi connectivity index (χ1v) is 9.20. The largest absolute Gasteiger partial charge is 0.383 e. The average Bonchev–Trinajstić information content (AvgIpc) is 3.04. The summed E-state index contributed by atoms with van der Waals surface area (Å²) in [5, 5.41) is 9.91. The molecule has 0 unspecified atom stereocenters. The van der Waals surface area contributed by atoms with Gasteiger partial charge in [-0.25, -0.2) is 4.98 Å². The number of thiocarbonyl (C=S) groups is 1.